The van der Waals surface area contributed by atoms with Crippen LogP contribution in [-0.2, 0) is 17.6 Å². The van der Waals surface area contributed by atoms with Gasteiger partial charge in [0.2, 0.25) is 5.91 Å². The highest BCUT2D eigenvalue weighted by atomic mass is 79.9. The van der Waals surface area contributed by atoms with Gasteiger partial charge in [0.05, 0.1) is 13.5 Å². The Bertz CT molecular complexity index is 752. The molecule has 0 spiro atoms. The molecule has 0 radical (unpaired) electrons. The summed E-state index contributed by atoms with van der Waals surface area (Å²) >= 11 is 3.45. The number of ether oxygens (including phenoxy) is 1. The topological polar surface area (TPSA) is 55.6 Å². The number of anilines is 2. The predicted octanol–water partition coefficient (Wildman–Crippen LogP) is 3.98. The standard InChI is InChI=1S/C18H19BrN2O2.ClH/c1-23-17-8-7-13(19)10-12(17)11-18(22)21-9-3-4-14-15(20)5-2-6-16(14)21;/h2,5-8,10H,3-4,9,11,20H2,1H3;1H. The molecule has 0 aliphatic carbocycles. The highest BCUT2D eigenvalue weighted by Crippen LogP contribution is 2.32. The Kier molecular flexibility index (Phi) is 6.13. The number of methoxy groups -OCH3 is 1. The van der Waals surface area contributed by atoms with Gasteiger partial charge in [-0.3, -0.25) is 4.79 Å². The van der Waals surface area contributed by atoms with E-state index in [1.807, 2.05) is 41.3 Å². The minimum absolute atomic E-state index is 0. The van der Waals surface area contributed by atoms with Crippen molar-refractivity contribution in [2.24, 2.45) is 0 Å². The quantitative estimate of drug-likeness (QED) is 0.777. The van der Waals surface area contributed by atoms with Crippen LogP contribution in [0.3, 0.4) is 0 Å². The molecule has 3 rings (SSSR count). The number of nitrogen functional groups attached to an aromatic ring is 1. The van der Waals surface area contributed by atoms with Gasteiger partial charge in [0.1, 0.15) is 5.75 Å². The highest BCUT2D eigenvalue weighted by molar-refractivity contribution is 9.10. The third-order valence-corrected chi connectivity index (χ3v) is 4.67. The van der Waals surface area contributed by atoms with Gasteiger partial charge >= 0.3 is 0 Å². The van der Waals surface area contributed by atoms with E-state index in [0.29, 0.717) is 6.42 Å². The number of carbonyl (C=O) groups excluding carboxylic acids is 1. The van der Waals surface area contributed by atoms with Crippen LogP contribution in [0.4, 0.5) is 11.4 Å². The second-order valence-electron chi connectivity index (χ2n) is 5.63. The number of hydrogen-bond donors (Lipinski definition) is 1. The molecule has 1 aliphatic rings. The fraction of sp³-hybridized carbons (Fsp3) is 0.278. The van der Waals surface area contributed by atoms with Crippen molar-refractivity contribution in [1.29, 1.82) is 0 Å². The Morgan fingerprint density at radius 3 is 2.88 bits per heavy atom. The molecule has 2 aromatic carbocycles. The lowest BCUT2D eigenvalue weighted by Gasteiger charge is -2.30. The Balaban J connectivity index is 0.00000208. The number of nitrogens with two attached hydrogens (primary N) is 1. The van der Waals surface area contributed by atoms with Crippen LogP contribution >= 0.6 is 28.3 Å². The molecular formula is C18H20BrClN2O2. The van der Waals surface area contributed by atoms with Crippen LogP contribution in [-0.4, -0.2) is 19.6 Å². The molecule has 0 unspecified atom stereocenters. The van der Waals surface area contributed by atoms with Gasteiger partial charge in [-0.25, -0.2) is 0 Å². The Labute approximate surface area is 156 Å². The number of carbonyl (C=O) groups is 1. The number of fused-ring (bicyclic) bond motifs is 1. The molecule has 4 nitrogen and oxygen atoms in total. The first-order chi connectivity index (χ1) is 11.1. The van der Waals surface area contributed by atoms with Gasteiger partial charge in [-0.15, -0.1) is 12.4 Å². The Hall–Kier alpha value is -1.72. The maximum absolute atomic E-state index is 12.8. The average molecular weight is 412 g/mol. The zero-order chi connectivity index (χ0) is 16.4. The van der Waals surface area contributed by atoms with Crippen LogP contribution in [0, 0.1) is 0 Å². The van der Waals surface area contributed by atoms with Crippen molar-refractivity contribution >= 4 is 45.6 Å². The van der Waals surface area contributed by atoms with Gasteiger partial charge in [0.25, 0.3) is 0 Å². The zero-order valence-electron chi connectivity index (χ0n) is 13.4. The first kappa shape index (κ1) is 18.6. The molecule has 0 atom stereocenters. The van der Waals surface area contributed by atoms with Crippen molar-refractivity contribution in [3.05, 3.63) is 52.0 Å². The van der Waals surface area contributed by atoms with Crippen LogP contribution in [0.15, 0.2) is 40.9 Å². The fourth-order valence-electron chi connectivity index (χ4n) is 3.05. The summed E-state index contributed by atoms with van der Waals surface area (Å²) in [6.07, 6.45) is 2.16. The summed E-state index contributed by atoms with van der Waals surface area (Å²) in [4.78, 5) is 14.7. The summed E-state index contributed by atoms with van der Waals surface area (Å²) in [6.45, 7) is 0.728. The number of nitrogens with zero attached hydrogens (tertiary/aromatic N) is 1. The molecule has 1 aliphatic heterocycles. The maximum Gasteiger partial charge on any atom is 0.231 e. The number of hydrogen-bond acceptors (Lipinski definition) is 3. The molecule has 6 heteroatoms. The second kappa shape index (κ2) is 7.90. The van der Waals surface area contributed by atoms with Crippen LogP contribution in [0.2, 0.25) is 0 Å². The molecule has 0 saturated carbocycles. The lowest BCUT2D eigenvalue weighted by Crippen LogP contribution is -2.36. The second-order valence-corrected chi connectivity index (χ2v) is 6.54. The lowest BCUT2D eigenvalue weighted by atomic mass is 9.99. The molecule has 128 valence electrons. The van der Waals surface area contributed by atoms with Crippen LogP contribution in [0.5, 0.6) is 5.75 Å². The maximum atomic E-state index is 12.8. The van der Waals surface area contributed by atoms with E-state index in [0.717, 1.165) is 52.1 Å². The zero-order valence-corrected chi connectivity index (χ0v) is 15.8. The van der Waals surface area contributed by atoms with Gasteiger partial charge in [-0.1, -0.05) is 22.0 Å². The van der Waals surface area contributed by atoms with E-state index in [1.165, 1.54) is 0 Å². The lowest BCUT2D eigenvalue weighted by molar-refractivity contribution is -0.118. The van der Waals surface area contributed by atoms with Crippen molar-refractivity contribution in [3.63, 3.8) is 0 Å². The molecule has 0 bridgehead atoms. The highest BCUT2D eigenvalue weighted by Gasteiger charge is 2.24. The van der Waals surface area contributed by atoms with E-state index in [2.05, 4.69) is 15.9 Å². The average Bonchev–Trinajstić information content (AvgIpc) is 2.55. The van der Waals surface area contributed by atoms with Crippen molar-refractivity contribution < 1.29 is 9.53 Å². The van der Waals surface area contributed by atoms with E-state index in [-0.39, 0.29) is 18.3 Å². The smallest absolute Gasteiger partial charge is 0.231 e. The predicted molar refractivity (Wildman–Crippen MR) is 103 cm³/mol. The summed E-state index contributed by atoms with van der Waals surface area (Å²) in [5.74, 6) is 0.791. The van der Waals surface area contributed by atoms with Gasteiger partial charge in [-0.05, 0) is 48.7 Å². The summed E-state index contributed by atoms with van der Waals surface area (Å²) in [6, 6.07) is 11.5. The molecule has 24 heavy (non-hydrogen) atoms. The summed E-state index contributed by atoms with van der Waals surface area (Å²) in [7, 11) is 1.62. The first-order valence-corrected chi connectivity index (χ1v) is 8.39. The van der Waals surface area contributed by atoms with E-state index >= 15 is 0 Å². The summed E-state index contributed by atoms with van der Waals surface area (Å²) in [5.41, 5.74) is 9.72. The van der Waals surface area contributed by atoms with Crippen molar-refractivity contribution in [3.8, 4) is 5.75 Å². The third kappa shape index (κ3) is 3.68. The van der Waals surface area contributed by atoms with E-state index in [9.17, 15) is 4.79 Å². The number of benzene rings is 2. The van der Waals surface area contributed by atoms with Crippen molar-refractivity contribution in [1.82, 2.24) is 0 Å². The van der Waals surface area contributed by atoms with Crippen LogP contribution in [0.1, 0.15) is 17.5 Å². The van der Waals surface area contributed by atoms with E-state index in [1.54, 1.807) is 7.11 Å². The molecule has 2 aromatic rings. The Morgan fingerprint density at radius 1 is 1.33 bits per heavy atom. The minimum Gasteiger partial charge on any atom is -0.496 e. The molecule has 2 N–H and O–H groups in total. The van der Waals surface area contributed by atoms with E-state index in [4.69, 9.17) is 10.5 Å². The molecule has 0 aromatic heterocycles. The first-order valence-electron chi connectivity index (χ1n) is 7.60. The van der Waals surface area contributed by atoms with Gasteiger partial charge in [-0.2, -0.15) is 0 Å². The Morgan fingerprint density at radius 2 is 2.12 bits per heavy atom. The monoisotopic (exact) mass is 410 g/mol. The van der Waals surface area contributed by atoms with Gasteiger partial charge < -0.3 is 15.4 Å². The van der Waals surface area contributed by atoms with Gasteiger partial charge in [0.15, 0.2) is 0 Å². The summed E-state index contributed by atoms with van der Waals surface area (Å²) in [5, 5.41) is 0. The number of rotatable bonds is 3. The molecule has 0 saturated heterocycles. The third-order valence-electron chi connectivity index (χ3n) is 4.17. The molecular weight excluding hydrogens is 392 g/mol. The van der Waals surface area contributed by atoms with E-state index < -0.39 is 0 Å². The molecule has 0 fully saturated rings. The number of halogens is 2. The number of amides is 1. The van der Waals surface area contributed by atoms with Crippen molar-refractivity contribution in [2.45, 2.75) is 19.3 Å². The molecule has 1 heterocycles. The van der Waals surface area contributed by atoms with Crippen LogP contribution < -0.4 is 15.4 Å². The minimum atomic E-state index is 0. The van der Waals surface area contributed by atoms with Gasteiger partial charge in [0, 0.05) is 28.0 Å². The van der Waals surface area contributed by atoms with Crippen molar-refractivity contribution in [2.75, 3.05) is 24.3 Å². The molecule has 1 amide bonds. The largest absolute Gasteiger partial charge is 0.496 e. The summed E-state index contributed by atoms with van der Waals surface area (Å²) < 4.78 is 6.30. The SMILES string of the molecule is COc1ccc(Br)cc1CC(=O)N1CCCc2c(N)cccc21.Cl. The van der Waals surface area contributed by atoms with Crippen LogP contribution in [0.25, 0.3) is 0 Å². The fourth-order valence-corrected chi connectivity index (χ4v) is 3.46. The normalized spacial score (nSPS) is 13.0.